The molecule has 6 nitrogen and oxygen atoms in total. The van der Waals surface area contributed by atoms with Crippen LogP contribution in [0.15, 0.2) is 36.5 Å². The predicted octanol–water partition coefficient (Wildman–Crippen LogP) is 2.85. The minimum atomic E-state index is -0.217. The first-order valence-electron chi connectivity index (χ1n) is 9.89. The molecule has 28 heavy (non-hydrogen) atoms. The molecule has 1 aromatic heterocycles. The molecule has 2 aromatic rings. The number of carbonyl (C=O) groups is 2. The smallest absolute Gasteiger partial charge is 0.272 e. The molecule has 1 N–H and O–H groups in total. The van der Waals surface area contributed by atoms with Gasteiger partial charge in [-0.1, -0.05) is 32.0 Å². The Bertz CT molecular complexity index is 835. The van der Waals surface area contributed by atoms with Crippen molar-refractivity contribution in [2.24, 2.45) is 0 Å². The maximum absolute atomic E-state index is 12.9. The van der Waals surface area contributed by atoms with Crippen molar-refractivity contribution in [2.75, 3.05) is 38.5 Å². The van der Waals surface area contributed by atoms with E-state index in [0.717, 1.165) is 42.7 Å². The lowest BCUT2D eigenvalue weighted by Crippen LogP contribution is -2.47. The number of amides is 2. The van der Waals surface area contributed by atoms with E-state index in [2.05, 4.69) is 29.0 Å². The molecular weight excluding hydrogens is 352 g/mol. The predicted molar refractivity (Wildman–Crippen MR) is 111 cm³/mol. The van der Waals surface area contributed by atoms with Gasteiger partial charge in [-0.25, -0.2) is 0 Å². The molecule has 0 atom stereocenters. The molecule has 1 aliphatic rings. The molecule has 0 unspecified atom stereocenters. The highest BCUT2D eigenvalue weighted by Gasteiger charge is 2.22. The van der Waals surface area contributed by atoms with Gasteiger partial charge in [0.1, 0.15) is 5.69 Å². The molecule has 2 heterocycles. The van der Waals surface area contributed by atoms with Crippen LogP contribution >= 0.6 is 0 Å². The Morgan fingerprint density at radius 1 is 1.04 bits per heavy atom. The summed E-state index contributed by atoms with van der Waals surface area (Å²) in [6.45, 7) is 7.20. The van der Waals surface area contributed by atoms with Crippen LogP contribution in [0.5, 0.6) is 0 Å². The summed E-state index contributed by atoms with van der Waals surface area (Å²) in [6, 6.07) is 9.33. The van der Waals surface area contributed by atoms with E-state index in [4.69, 9.17) is 0 Å². The lowest BCUT2D eigenvalue weighted by Gasteiger charge is -2.32. The molecule has 0 radical (unpaired) electrons. The minimum absolute atomic E-state index is 0.119. The van der Waals surface area contributed by atoms with Crippen molar-refractivity contribution >= 4 is 17.5 Å². The SMILES string of the molecule is CCc1cccc(CC)c1NC(=O)c1ccnc(C(=O)N2CCN(C)CC2)c1. The number of piperazine rings is 1. The highest BCUT2D eigenvalue weighted by Crippen LogP contribution is 2.23. The Morgan fingerprint density at radius 2 is 1.68 bits per heavy atom. The third kappa shape index (κ3) is 4.39. The number of anilines is 1. The highest BCUT2D eigenvalue weighted by atomic mass is 16.2. The first-order chi connectivity index (χ1) is 13.5. The first-order valence-corrected chi connectivity index (χ1v) is 9.89. The quantitative estimate of drug-likeness (QED) is 0.866. The molecule has 0 aliphatic carbocycles. The molecule has 1 aromatic carbocycles. The maximum Gasteiger partial charge on any atom is 0.272 e. The van der Waals surface area contributed by atoms with Crippen LogP contribution in [0.1, 0.15) is 45.8 Å². The van der Waals surface area contributed by atoms with Gasteiger partial charge in [-0.15, -0.1) is 0 Å². The second-order valence-electron chi connectivity index (χ2n) is 7.14. The second-order valence-corrected chi connectivity index (χ2v) is 7.14. The molecule has 3 rings (SSSR count). The van der Waals surface area contributed by atoms with Gasteiger partial charge in [0.05, 0.1) is 0 Å². The monoisotopic (exact) mass is 380 g/mol. The zero-order chi connectivity index (χ0) is 20.1. The van der Waals surface area contributed by atoms with E-state index in [1.54, 1.807) is 17.0 Å². The van der Waals surface area contributed by atoms with E-state index in [9.17, 15) is 9.59 Å². The average molecular weight is 380 g/mol. The van der Waals surface area contributed by atoms with Crippen LogP contribution in [-0.2, 0) is 12.8 Å². The Balaban J connectivity index is 1.79. The van der Waals surface area contributed by atoms with Gasteiger partial charge in [-0.3, -0.25) is 14.6 Å². The van der Waals surface area contributed by atoms with E-state index >= 15 is 0 Å². The third-order valence-corrected chi connectivity index (χ3v) is 5.27. The highest BCUT2D eigenvalue weighted by molar-refractivity contribution is 6.06. The number of hydrogen-bond acceptors (Lipinski definition) is 4. The van der Waals surface area contributed by atoms with Crippen LogP contribution < -0.4 is 5.32 Å². The number of aryl methyl sites for hydroxylation is 2. The number of pyridine rings is 1. The Morgan fingerprint density at radius 3 is 2.29 bits per heavy atom. The topological polar surface area (TPSA) is 65.5 Å². The standard InChI is InChI=1S/C22H28N4O2/c1-4-16-7-6-8-17(5-2)20(16)24-21(27)18-9-10-23-19(15-18)22(28)26-13-11-25(3)12-14-26/h6-10,15H,4-5,11-14H2,1-3H3,(H,24,27). The van der Waals surface area contributed by atoms with Crippen molar-refractivity contribution in [2.45, 2.75) is 26.7 Å². The second kappa shape index (κ2) is 8.97. The number of aromatic nitrogens is 1. The van der Waals surface area contributed by atoms with Crippen LogP contribution in [0.2, 0.25) is 0 Å². The van der Waals surface area contributed by atoms with Crippen LogP contribution in [0.25, 0.3) is 0 Å². The lowest BCUT2D eigenvalue weighted by molar-refractivity contribution is 0.0658. The number of nitrogens with zero attached hydrogens (tertiary/aromatic N) is 3. The number of para-hydroxylation sites is 1. The van der Waals surface area contributed by atoms with Gasteiger partial charge in [0, 0.05) is 43.6 Å². The number of carbonyl (C=O) groups excluding carboxylic acids is 2. The lowest BCUT2D eigenvalue weighted by atomic mass is 10.0. The van der Waals surface area contributed by atoms with E-state index in [-0.39, 0.29) is 11.8 Å². The van der Waals surface area contributed by atoms with Gasteiger partial charge in [0.15, 0.2) is 0 Å². The van der Waals surface area contributed by atoms with Gasteiger partial charge >= 0.3 is 0 Å². The Hall–Kier alpha value is -2.73. The molecule has 1 fully saturated rings. The normalized spacial score (nSPS) is 14.8. The summed E-state index contributed by atoms with van der Waals surface area (Å²) in [6.07, 6.45) is 3.21. The largest absolute Gasteiger partial charge is 0.335 e. The molecule has 148 valence electrons. The molecule has 0 bridgehead atoms. The first kappa shape index (κ1) is 20.0. The summed E-state index contributed by atoms with van der Waals surface area (Å²) in [5.74, 6) is -0.337. The van der Waals surface area contributed by atoms with Gasteiger partial charge in [-0.2, -0.15) is 0 Å². The van der Waals surface area contributed by atoms with Gasteiger partial charge in [-0.05, 0) is 43.1 Å². The molecule has 6 heteroatoms. The zero-order valence-corrected chi connectivity index (χ0v) is 16.9. The molecule has 0 spiro atoms. The van der Waals surface area contributed by atoms with Crippen LogP contribution in [0.3, 0.4) is 0 Å². The molecule has 1 saturated heterocycles. The van der Waals surface area contributed by atoms with Crippen molar-refractivity contribution in [1.29, 1.82) is 0 Å². The van der Waals surface area contributed by atoms with E-state index in [1.165, 1.54) is 6.20 Å². The van der Waals surface area contributed by atoms with E-state index in [0.29, 0.717) is 24.3 Å². The molecule has 0 saturated carbocycles. The van der Waals surface area contributed by atoms with Gasteiger partial charge in [0.2, 0.25) is 0 Å². The summed E-state index contributed by atoms with van der Waals surface area (Å²) in [4.78, 5) is 33.8. The van der Waals surface area contributed by atoms with Crippen molar-refractivity contribution in [3.05, 3.63) is 58.9 Å². The van der Waals surface area contributed by atoms with Crippen LogP contribution in [0, 0.1) is 0 Å². The van der Waals surface area contributed by atoms with Crippen molar-refractivity contribution in [1.82, 2.24) is 14.8 Å². The zero-order valence-electron chi connectivity index (χ0n) is 16.9. The summed E-state index contributed by atoms with van der Waals surface area (Å²) < 4.78 is 0. The van der Waals surface area contributed by atoms with Crippen LogP contribution in [0.4, 0.5) is 5.69 Å². The fourth-order valence-corrected chi connectivity index (χ4v) is 3.45. The van der Waals surface area contributed by atoms with Gasteiger partial charge < -0.3 is 15.1 Å². The summed E-state index contributed by atoms with van der Waals surface area (Å²) in [5, 5.41) is 3.05. The number of benzene rings is 1. The fraction of sp³-hybridized carbons (Fsp3) is 0.409. The summed E-state index contributed by atoms with van der Waals surface area (Å²) in [7, 11) is 2.05. The van der Waals surface area contributed by atoms with E-state index in [1.807, 2.05) is 25.2 Å². The summed E-state index contributed by atoms with van der Waals surface area (Å²) in [5.41, 5.74) is 3.85. The fourth-order valence-electron chi connectivity index (χ4n) is 3.45. The molecular formula is C22H28N4O2. The van der Waals surface area contributed by atoms with Crippen molar-refractivity contribution in [3.8, 4) is 0 Å². The number of rotatable bonds is 5. The van der Waals surface area contributed by atoms with E-state index < -0.39 is 0 Å². The number of likely N-dealkylation sites (N-methyl/N-ethyl adjacent to an activating group) is 1. The third-order valence-electron chi connectivity index (χ3n) is 5.27. The number of hydrogen-bond donors (Lipinski definition) is 1. The van der Waals surface area contributed by atoms with Crippen molar-refractivity contribution in [3.63, 3.8) is 0 Å². The Kier molecular flexibility index (Phi) is 6.41. The minimum Gasteiger partial charge on any atom is -0.335 e. The number of nitrogens with one attached hydrogen (secondary N) is 1. The summed E-state index contributed by atoms with van der Waals surface area (Å²) >= 11 is 0. The maximum atomic E-state index is 12.9. The van der Waals surface area contributed by atoms with Crippen molar-refractivity contribution < 1.29 is 9.59 Å². The Labute approximate surface area is 166 Å². The molecule has 1 aliphatic heterocycles. The molecule has 2 amide bonds. The van der Waals surface area contributed by atoms with Crippen LogP contribution in [-0.4, -0.2) is 59.8 Å². The average Bonchev–Trinajstić information content (AvgIpc) is 2.74. The van der Waals surface area contributed by atoms with Gasteiger partial charge in [0.25, 0.3) is 11.8 Å².